The van der Waals surface area contributed by atoms with Crippen LogP contribution in [0.4, 0.5) is 0 Å². The number of hydrogen-bond acceptors (Lipinski definition) is 4. The van der Waals surface area contributed by atoms with E-state index in [0.29, 0.717) is 6.61 Å². The molecule has 0 spiro atoms. The van der Waals surface area contributed by atoms with Crippen LogP contribution in [0.3, 0.4) is 0 Å². The molecule has 0 radical (unpaired) electrons. The minimum absolute atomic E-state index is 0.277. The fourth-order valence-electron chi connectivity index (χ4n) is 2.03. The van der Waals surface area contributed by atoms with Crippen LogP contribution in [0.15, 0.2) is 6.20 Å². The lowest BCUT2D eigenvalue weighted by atomic mass is 10.1. The molecule has 1 atom stereocenters. The number of nitrogens with one attached hydrogen (secondary N) is 1. The predicted octanol–water partition coefficient (Wildman–Crippen LogP) is 2.73. The lowest BCUT2D eigenvalue weighted by Crippen LogP contribution is -2.26. The summed E-state index contributed by atoms with van der Waals surface area (Å²) in [5.74, 6) is 0.745. The Bertz CT molecular complexity index is 391. The van der Waals surface area contributed by atoms with Crippen molar-refractivity contribution in [1.29, 1.82) is 0 Å². The van der Waals surface area contributed by atoms with Crippen LogP contribution >= 0.6 is 0 Å². The van der Waals surface area contributed by atoms with Gasteiger partial charge in [0.2, 0.25) is 0 Å². The maximum Gasteiger partial charge on any atom is 0.159 e. The molecular formula is C14H25N3O. The van der Waals surface area contributed by atoms with Gasteiger partial charge in [-0.25, -0.2) is 9.97 Å². The Morgan fingerprint density at radius 3 is 2.56 bits per heavy atom. The monoisotopic (exact) mass is 251 g/mol. The molecule has 1 unspecified atom stereocenters. The van der Waals surface area contributed by atoms with Crippen LogP contribution in [0, 0.1) is 6.92 Å². The quantitative estimate of drug-likeness (QED) is 0.844. The van der Waals surface area contributed by atoms with Gasteiger partial charge in [-0.15, -0.1) is 0 Å². The van der Waals surface area contributed by atoms with Crippen LogP contribution in [-0.2, 0) is 10.3 Å². The molecule has 0 fully saturated rings. The number of rotatable bonds is 6. The molecule has 0 aliphatic rings. The molecule has 1 rings (SSSR count). The van der Waals surface area contributed by atoms with Crippen LogP contribution in [0.5, 0.6) is 0 Å². The Labute approximate surface area is 110 Å². The van der Waals surface area contributed by atoms with E-state index in [0.717, 1.165) is 23.6 Å². The third-order valence-electron chi connectivity index (χ3n) is 3.04. The van der Waals surface area contributed by atoms with Crippen LogP contribution < -0.4 is 5.32 Å². The van der Waals surface area contributed by atoms with Crippen molar-refractivity contribution in [2.45, 2.75) is 53.2 Å². The van der Waals surface area contributed by atoms with Crippen molar-refractivity contribution < 1.29 is 4.74 Å². The Morgan fingerprint density at radius 1 is 1.39 bits per heavy atom. The van der Waals surface area contributed by atoms with Gasteiger partial charge >= 0.3 is 0 Å². The molecule has 102 valence electrons. The maximum absolute atomic E-state index is 5.68. The lowest BCUT2D eigenvalue weighted by molar-refractivity contribution is -0.0209. The van der Waals surface area contributed by atoms with Gasteiger partial charge < -0.3 is 10.1 Å². The minimum atomic E-state index is -0.431. The Hall–Kier alpha value is -1.00. The van der Waals surface area contributed by atoms with Gasteiger partial charge in [0.25, 0.3) is 0 Å². The largest absolute Gasteiger partial charge is 0.368 e. The molecule has 0 saturated carbocycles. The highest BCUT2D eigenvalue weighted by Gasteiger charge is 2.25. The van der Waals surface area contributed by atoms with Gasteiger partial charge in [-0.2, -0.15) is 0 Å². The van der Waals surface area contributed by atoms with Gasteiger partial charge in [-0.1, -0.05) is 6.92 Å². The van der Waals surface area contributed by atoms with Gasteiger partial charge in [0.15, 0.2) is 5.82 Å². The molecule has 18 heavy (non-hydrogen) atoms. The van der Waals surface area contributed by atoms with Crippen molar-refractivity contribution in [3.8, 4) is 0 Å². The number of nitrogens with zero attached hydrogens (tertiary/aromatic N) is 2. The van der Waals surface area contributed by atoms with E-state index in [2.05, 4.69) is 29.1 Å². The van der Waals surface area contributed by atoms with Crippen LogP contribution in [0.1, 0.15) is 57.7 Å². The second kappa shape index (κ2) is 6.25. The number of aryl methyl sites for hydroxylation is 1. The summed E-state index contributed by atoms with van der Waals surface area (Å²) in [5, 5.41) is 3.37. The van der Waals surface area contributed by atoms with Crippen molar-refractivity contribution in [3.63, 3.8) is 0 Å². The molecule has 0 bridgehead atoms. The van der Waals surface area contributed by atoms with E-state index >= 15 is 0 Å². The maximum atomic E-state index is 5.68. The van der Waals surface area contributed by atoms with Crippen LogP contribution in [0.2, 0.25) is 0 Å². The average molecular weight is 251 g/mol. The topological polar surface area (TPSA) is 47.0 Å². The zero-order valence-corrected chi connectivity index (χ0v) is 12.4. The lowest BCUT2D eigenvalue weighted by Gasteiger charge is -2.24. The summed E-state index contributed by atoms with van der Waals surface area (Å²) in [7, 11) is 0. The summed E-state index contributed by atoms with van der Waals surface area (Å²) in [6.07, 6.45) is 1.91. The molecule has 0 amide bonds. The molecule has 1 aromatic rings. The first-order valence-electron chi connectivity index (χ1n) is 6.63. The fourth-order valence-corrected chi connectivity index (χ4v) is 2.03. The zero-order valence-electron chi connectivity index (χ0n) is 12.4. The third-order valence-corrected chi connectivity index (χ3v) is 3.04. The predicted molar refractivity (Wildman–Crippen MR) is 73.5 cm³/mol. The van der Waals surface area contributed by atoms with Gasteiger partial charge in [0.05, 0.1) is 0 Å². The molecule has 0 aromatic carbocycles. The molecule has 0 aliphatic heterocycles. The van der Waals surface area contributed by atoms with Gasteiger partial charge in [0, 0.05) is 30.1 Å². The first-order chi connectivity index (χ1) is 8.42. The number of hydrogen-bond donors (Lipinski definition) is 1. The summed E-state index contributed by atoms with van der Waals surface area (Å²) in [4.78, 5) is 9.05. The van der Waals surface area contributed by atoms with Gasteiger partial charge in [0.1, 0.15) is 5.60 Å². The van der Waals surface area contributed by atoms with E-state index in [-0.39, 0.29) is 6.04 Å². The highest BCUT2D eigenvalue weighted by molar-refractivity contribution is 5.21. The van der Waals surface area contributed by atoms with E-state index in [1.807, 2.05) is 33.9 Å². The molecule has 1 aromatic heterocycles. The second-order valence-electron chi connectivity index (χ2n) is 4.96. The summed E-state index contributed by atoms with van der Waals surface area (Å²) in [6, 6.07) is 0.277. The van der Waals surface area contributed by atoms with E-state index < -0.39 is 5.60 Å². The molecule has 4 heteroatoms. The third kappa shape index (κ3) is 3.50. The first kappa shape index (κ1) is 15.1. The van der Waals surface area contributed by atoms with Crippen LogP contribution in [0.25, 0.3) is 0 Å². The normalized spacial score (nSPS) is 13.7. The van der Waals surface area contributed by atoms with Crippen molar-refractivity contribution in [2.24, 2.45) is 0 Å². The fraction of sp³-hybridized carbons (Fsp3) is 0.714. The molecule has 0 saturated heterocycles. The van der Waals surface area contributed by atoms with Crippen molar-refractivity contribution in [2.75, 3.05) is 13.2 Å². The summed E-state index contributed by atoms with van der Waals surface area (Å²) < 4.78 is 5.68. The van der Waals surface area contributed by atoms with Crippen molar-refractivity contribution in [1.82, 2.24) is 15.3 Å². The standard InChI is InChI=1S/C14H25N3O/c1-7-15-10(3)12-9-16-13(17-11(12)4)14(5,6)18-8-2/h9-10,15H,7-8H2,1-6H3. The van der Waals surface area contributed by atoms with Crippen molar-refractivity contribution >= 4 is 0 Å². The summed E-state index contributed by atoms with van der Waals surface area (Å²) >= 11 is 0. The average Bonchev–Trinajstić information content (AvgIpc) is 2.29. The summed E-state index contributed by atoms with van der Waals surface area (Å²) in [5.41, 5.74) is 1.73. The SMILES string of the molecule is CCNC(C)c1cnc(C(C)(C)OCC)nc1C. The van der Waals surface area contributed by atoms with Gasteiger partial charge in [-0.05, 0) is 41.2 Å². The van der Waals surface area contributed by atoms with E-state index in [1.54, 1.807) is 0 Å². The smallest absolute Gasteiger partial charge is 0.159 e. The van der Waals surface area contributed by atoms with Crippen molar-refractivity contribution in [3.05, 3.63) is 23.3 Å². The molecule has 1 heterocycles. The Morgan fingerprint density at radius 2 is 2.06 bits per heavy atom. The first-order valence-corrected chi connectivity index (χ1v) is 6.63. The zero-order chi connectivity index (χ0) is 13.8. The Kier molecular flexibility index (Phi) is 5.23. The second-order valence-corrected chi connectivity index (χ2v) is 4.96. The van der Waals surface area contributed by atoms with Crippen LogP contribution in [-0.4, -0.2) is 23.1 Å². The summed E-state index contributed by atoms with van der Waals surface area (Å²) in [6.45, 7) is 13.8. The number of ether oxygens (including phenoxy) is 1. The Balaban J connectivity index is 2.98. The highest BCUT2D eigenvalue weighted by atomic mass is 16.5. The molecule has 0 aliphatic carbocycles. The van der Waals surface area contributed by atoms with Gasteiger partial charge in [-0.3, -0.25) is 0 Å². The van der Waals surface area contributed by atoms with E-state index in [1.165, 1.54) is 0 Å². The van der Waals surface area contributed by atoms with E-state index in [4.69, 9.17) is 4.74 Å². The molecule has 4 nitrogen and oxygen atoms in total. The molecule has 1 N–H and O–H groups in total. The molecular weight excluding hydrogens is 226 g/mol. The van der Waals surface area contributed by atoms with E-state index in [9.17, 15) is 0 Å². The highest BCUT2D eigenvalue weighted by Crippen LogP contribution is 2.23. The minimum Gasteiger partial charge on any atom is -0.368 e. The number of aromatic nitrogens is 2.